The van der Waals surface area contributed by atoms with Gasteiger partial charge in [-0.05, 0) is 37.1 Å². The molecule has 0 aliphatic heterocycles. The van der Waals surface area contributed by atoms with Gasteiger partial charge in [0.25, 0.3) is 0 Å². The van der Waals surface area contributed by atoms with Crippen LogP contribution in [0.1, 0.15) is 16.7 Å². The zero-order chi connectivity index (χ0) is 8.43. The van der Waals surface area contributed by atoms with E-state index in [1.807, 2.05) is 13.8 Å². The summed E-state index contributed by atoms with van der Waals surface area (Å²) < 4.78 is 0. The number of aryl methyl sites for hydroxylation is 2. The maximum Gasteiger partial charge on any atom is 0.124 e. The molecule has 58 valence electrons. The standard InChI is InChI=1S/C9H11NO/c1-6-3-8(5-10)9(11)4-7(6)2/h3-5,10-11H,1-2H3. The van der Waals surface area contributed by atoms with Gasteiger partial charge in [0.1, 0.15) is 5.75 Å². The molecule has 1 aromatic rings. The van der Waals surface area contributed by atoms with Gasteiger partial charge in [-0.3, -0.25) is 0 Å². The predicted octanol–water partition coefficient (Wildman–Crippen LogP) is 2.01. The highest BCUT2D eigenvalue weighted by Crippen LogP contribution is 2.19. The fourth-order valence-corrected chi connectivity index (χ4v) is 0.939. The first-order chi connectivity index (χ1) is 5.15. The topological polar surface area (TPSA) is 44.1 Å². The molecular formula is C9H11NO. The molecule has 0 saturated heterocycles. The second kappa shape index (κ2) is 2.74. The Morgan fingerprint density at radius 2 is 1.82 bits per heavy atom. The second-order valence-corrected chi connectivity index (χ2v) is 2.64. The van der Waals surface area contributed by atoms with Crippen LogP contribution < -0.4 is 0 Å². The van der Waals surface area contributed by atoms with Crippen LogP contribution >= 0.6 is 0 Å². The first-order valence-electron chi connectivity index (χ1n) is 3.46. The molecule has 0 bridgehead atoms. The summed E-state index contributed by atoms with van der Waals surface area (Å²) in [6.45, 7) is 3.89. The molecule has 0 aromatic heterocycles. The molecule has 0 fully saturated rings. The third-order valence-corrected chi connectivity index (χ3v) is 1.80. The maximum atomic E-state index is 9.26. The van der Waals surface area contributed by atoms with Crippen LogP contribution in [0.3, 0.4) is 0 Å². The predicted molar refractivity (Wildman–Crippen MR) is 45.5 cm³/mol. The summed E-state index contributed by atoms with van der Waals surface area (Å²) >= 11 is 0. The number of aromatic hydroxyl groups is 1. The Labute approximate surface area is 66.0 Å². The summed E-state index contributed by atoms with van der Waals surface area (Å²) in [4.78, 5) is 0. The van der Waals surface area contributed by atoms with Crippen molar-refractivity contribution in [3.8, 4) is 5.75 Å². The third-order valence-electron chi connectivity index (χ3n) is 1.80. The average molecular weight is 149 g/mol. The number of phenolic OH excluding ortho intramolecular Hbond substituents is 1. The van der Waals surface area contributed by atoms with Crippen molar-refractivity contribution in [1.29, 1.82) is 5.41 Å². The van der Waals surface area contributed by atoms with E-state index in [1.165, 1.54) is 0 Å². The molecule has 0 heterocycles. The summed E-state index contributed by atoms with van der Waals surface area (Å²) in [7, 11) is 0. The van der Waals surface area contributed by atoms with E-state index in [0.29, 0.717) is 5.56 Å². The summed E-state index contributed by atoms with van der Waals surface area (Å²) in [5, 5.41) is 16.2. The molecule has 0 amide bonds. The van der Waals surface area contributed by atoms with Gasteiger partial charge in [-0.25, -0.2) is 0 Å². The Morgan fingerprint density at radius 1 is 1.27 bits per heavy atom. The van der Waals surface area contributed by atoms with Gasteiger partial charge < -0.3 is 10.5 Å². The van der Waals surface area contributed by atoms with Crippen molar-refractivity contribution in [3.63, 3.8) is 0 Å². The summed E-state index contributed by atoms with van der Waals surface area (Å²) in [5.74, 6) is 0.183. The Morgan fingerprint density at radius 3 is 2.36 bits per heavy atom. The van der Waals surface area contributed by atoms with Crippen molar-refractivity contribution in [2.24, 2.45) is 0 Å². The van der Waals surface area contributed by atoms with Gasteiger partial charge in [-0.15, -0.1) is 0 Å². The fourth-order valence-electron chi connectivity index (χ4n) is 0.939. The van der Waals surface area contributed by atoms with Crippen molar-refractivity contribution in [2.45, 2.75) is 13.8 Å². The van der Waals surface area contributed by atoms with Gasteiger partial charge in [0.15, 0.2) is 0 Å². The second-order valence-electron chi connectivity index (χ2n) is 2.64. The Bertz CT molecular complexity index is 292. The van der Waals surface area contributed by atoms with Crippen LogP contribution in [0.4, 0.5) is 0 Å². The minimum atomic E-state index is 0.183. The highest BCUT2D eigenvalue weighted by molar-refractivity contribution is 5.81. The molecule has 2 nitrogen and oxygen atoms in total. The average Bonchev–Trinajstić information content (AvgIpc) is 1.97. The first kappa shape index (κ1) is 7.79. The number of hydrogen-bond acceptors (Lipinski definition) is 2. The number of hydrogen-bond donors (Lipinski definition) is 2. The Kier molecular flexibility index (Phi) is 1.94. The minimum absolute atomic E-state index is 0.183. The molecule has 1 aromatic carbocycles. The summed E-state index contributed by atoms with van der Waals surface area (Å²) in [6, 6.07) is 3.48. The monoisotopic (exact) mass is 149 g/mol. The van der Waals surface area contributed by atoms with Gasteiger partial charge in [0, 0.05) is 11.8 Å². The van der Waals surface area contributed by atoms with E-state index in [1.54, 1.807) is 12.1 Å². The summed E-state index contributed by atoms with van der Waals surface area (Å²) in [6.07, 6.45) is 1.15. The Balaban J connectivity index is 3.31. The van der Waals surface area contributed by atoms with E-state index in [0.717, 1.165) is 17.3 Å². The minimum Gasteiger partial charge on any atom is -0.507 e. The van der Waals surface area contributed by atoms with Crippen LogP contribution in [0.15, 0.2) is 12.1 Å². The van der Waals surface area contributed by atoms with E-state index in [4.69, 9.17) is 5.41 Å². The van der Waals surface area contributed by atoms with Gasteiger partial charge in [0.05, 0.1) is 0 Å². The molecule has 0 aliphatic carbocycles. The van der Waals surface area contributed by atoms with Crippen LogP contribution in [0.2, 0.25) is 0 Å². The quantitative estimate of drug-likeness (QED) is 0.589. The van der Waals surface area contributed by atoms with Gasteiger partial charge in [0.2, 0.25) is 0 Å². The van der Waals surface area contributed by atoms with Crippen molar-refractivity contribution < 1.29 is 5.11 Å². The number of benzene rings is 1. The van der Waals surface area contributed by atoms with Crippen LogP contribution in [0.25, 0.3) is 0 Å². The van der Waals surface area contributed by atoms with Crippen molar-refractivity contribution >= 4 is 6.21 Å². The smallest absolute Gasteiger partial charge is 0.124 e. The van der Waals surface area contributed by atoms with E-state index in [9.17, 15) is 5.11 Å². The molecule has 2 heteroatoms. The molecule has 0 aliphatic rings. The molecule has 1 rings (SSSR count). The molecule has 0 radical (unpaired) electrons. The normalized spacial score (nSPS) is 9.64. The lowest BCUT2D eigenvalue weighted by Crippen LogP contribution is -1.86. The molecule has 0 unspecified atom stereocenters. The highest BCUT2D eigenvalue weighted by atomic mass is 16.3. The summed E-state index contributed by atoms with van der Waals surface area (Å²) in [5.41, 5.74) is 2.72. The van der Waals surface area contributed by atoms with E-state index >= 15 is 0 Å². The molecular weight excluding hydrogens is 138 g/mol. The molecule has 0 spiro atoms. The van der Waals surface area contributed by atoms with Crippen LogP contribution in [0, 0.1) is 19.3 Å². The third kappa shape index (κ3) is 1.40. The van der Waals surface area contributed by atoms with Crippen LogP contribution in [0.5, 0.6) is 5.75 Å². The maximum absolute atomic E-state index is 9.26. The Hall–Kier alpha value is -1.31. The van der Waals surface area contributed by atoms with E-state index < -0.39 is 0 Å². The molecule has 0 atom stereocenters. The zero-order valence-corrected chi connectivity index (χ0v) is 6.68. The lowest BCUT2D eigenvalue weighted by molar-refractivity contribution is 0.474. The van der Waals surface area contributed by atoms with Crippen molar-refractivity contribution in [2.75, 3.05) is 0 Å². The zero-order valence-electron chi connectivity index (χ0n) is 6.68. The van der Waals surface area contributed by atoms with Gasteiger partial charge >= 0.3 is 0 Å². The molecule has 2 N–H and O–H groups in total. The van der Waals surface area contributed by atoms with Crippen LogP contribution in [-0.2, 0) is 0 Å². The lowest BCUT2D eigenvalue weighted by atomic mass is 10.1. The van der Waals surface area contributed by atoms with Crippen molar-refractivity contribution in [3.05, 3.63) is 28.8 Å². The van der Waals surface area contributed by atoms with Crippen molar-refractivity contribution in [1.82, 2.24) is 0 Å². The highest BCUT2D eigenvalue weighted by Gasteiger charge is 2.00. The SMILES string of the molecule is Cc1cc(O)c(C=N)cc1C. The van der Waals surface area contributed by atoms with E-state index in [2.05, 4.69) is 0 Å². The van der Waals surface area contributed by atoms with Gasteiger partial charge in [-0.1, -0.05) is 0 Å². The lowest BCUT2D eigenvalue weighted by Gasteiger charge is -2.03. The molecule has 0 saturated carbocycles. The largest absolute Gasteiger partial charge is 0.507 e. The fraction of sp³-hybridized carbons (Fsp3) is 0.222. The number of nitrogens with one attached hydrogen (secondary N) is 1. The first-order valence-corrected chi connectivity index (χ1v) is 3.46. The van der Waals surface area contributed by atoms with Gasteiger partial charge in [-0.2, -0.15) is 0 Å². The molecule has 11 heavy (non-hydrogen) atoms. The van der Waals surface area contributed by atoms with E-state index in [-0.39, 0.29) is 5.75 Å². The van der Waals surface area contributed by atoms with Crippen LogP contribution in [-0.4, -0.2) is 11.3 Å². The number of phenols is 1. The number of rotatable bonds is 1.